The monoisotopic (exact) mass is 238 g/mol. The van der Waals surface area contributed by atoms with Crippen LogP contribution < -0.4 is 5.32 Å². The lowest BCUT2D eigenvalue weighted by molar-refractivity contribution is -0.131. The Balaban J connectivity index is 1.82. The molecule has 3 nitrogen and oxygen atoms in total. The Morgan fingerprint density at radius 2 is 2.24 bits per heavy atom. The molecule has 0 aliphatic carbocycles. The zero-order valence-electron chi connectivity index (χ0n) is 11.1. The van der Waals surface area contributed by atoms with Gasteiger partial charge in [0.25, 0.3) is 0 Å². The highest BCUT2D eigenvalue weighted by Gasteiger charge is 2.25. The number of hydrogen-bond donors (Lipinski definition) is 1. The number of nitrogens with one attached hydrogen (secondary N) is 1. The van der Waals surface area contributed by atoms with Crippen molar-refractivity contribution in [3.05, 3.63) is 0 Å². The third-order valence-electron chi connectivity index (χ3n) is 4.23. The van der Waals surface area contributed by atoms with E-state index in [1.807, 2.05) is 0 Å². The average Bonchev–Trinajstić information content (AvgIpc) is 2.77. The first-order valence-electron chi connectivity index (χ1n) is 7.30. The Labute approximate surface area is 105 Å². The van der Waals surface area contributed by atoms with Gasteiger partial charge in [0.05, 0.1) is 0 Å². The normalized spacial score (nSPS) is 30.6. The van der Waals surface area contributed by atoms with Gasteiger partial charge in [-0.05, 0) is 38.1 Å². The molecular weight excluding hydrogens is 212 g/mol. The van der Waals surface area contributed by atoms with Crippen LogP contribution >= 0.6 is 0 Å². The third kappa shape index (κ3) is 3.70. The summed E-state index contributed by atoms with van der Waals surface area (Å²) < 4.78 is 0. The van der Waals surface area contributed by atoms with E-state index in [2.05, 4.69) is 17.1 Å². The summed E-state index contributed by atoms with van der Waals surface area (Å²) >= 11 is 0. The van der Waals surface area contributed by atoms with Crippen LogP contribution in [-0.4, -0.2) is 36.5 Å². The van der Waals surface area contributed by atoms with Gasteiger partial charge in [-0.1, -0.05) is 19.8 Å². The number of nitrogens with zero attached hydrogens (tertiary/aromatic N) is 1. The van der Waals surface area contributed by atoms with Crippen LogP contribution in [0.25, 0.3) is 0 Å². The predicted octanol–water partition coefficient (Wildman–Crippen LogP) is 2.17. The van der Waals surface area contributed by atoms with Gasteiger partial charge in [-0.3, -0.25) is 4.79 Å². The molecule has 2 atom stereocenters. The SMILES string of the molecule is CCCC1CCC(=O)N(C[C@@H]2CCCN2)CC1. The maximum Gasteiger partial charge on any atom is 0.222 e. The molecule has 0 radical (unpaired) electrons. The van der Waals surface area contributed by atoms with Gasteiger partial charge in [0.2, 0.25) is 5.91 Å². The maximum absolute atomic E-state index is 12.0. The summed E-state index contributed by atoms with van der Waals surface area (Å²) in [5.41, 5.74) is 0. The Morgan fingerprint density at radius 3 is 2.94 bits per heavy atom. The van der Waals surface area contributed by atoms with Gasteiger partial charge in [0.15, 0.2) is 0 Å². The Hall–Kier alpha value is -0.570. The highest BCUT2D eigenvalue weighted by atomic mass is 16.2. The molecule has 2 saturated heterocycles. The fourth-order valence-corrected chi connectivity index (χ4v) is 3.16. The Morgan fingerprint density at radius 1 is 1.35 bits per heavy atom. The third-order valence-corrected chi connectivity index (χ3v) is 4.23. The van der Waals surface area contributed by atoms with Crippen molar-refractivity contribution in [3.63, 3.8) is 0 Å². The minimum Gasteiger partial charge on any atom is -0.341 e. The van der Waals surface area contributed by atoms with E-state index in [9.17, 15) is 4.79 Å². The molecule has 0 aromatic carbocycles. The lowest BCUT2D eigenvalue weighted by Gasteiger charge is -2.24. The largest absolute Gasteiger partial charge is 0.341 e. The first-order chi connectivity index (χ1) is 8.29. The molecule has 2 fully saturated rings. The molecule has 0 aromatic rings. The zero-order chi connectivity index (χ0) is 12.1. The lowest BCUT2D eigenvalue weighted by atomic mass is 9.96. The van der Waals surface area contributed by atoms with Crippen LogP contribution in [-0.2, 0) is 4.79 Å². The van der Waals surface area contributed by atoms with E-state index in [4.69, 9.17) is 0 Å². The molecule has 2 aliphatic rings. The first kappa shape index (κ1) is 12.9. The van der Waals surface area contributed by atoms with E-state index in [1.54, 1.807) is 0 Å². The number of carbonyl (C=O) groups is 1. The molecule has 0 bridgehead atoms. The van der Waals surface area contributed by atoms with Crippen LogP contribution in [0.1, 0.15) is 51.9 Å². The van der Waals surface area contributed by atoms with Crippen LogP contribution in [0.2, 0.25) is 0 Å². The van der Waals surface area contributed by atoms with Gasteiger partial charge in [0.1, 0.15) is 0 Å². The number of amides is 1. The smallest absolute Gasteiger partial charge is 0.222 e. The molecule has 0 spiro atoms. The van der Waals surface area contributed by atoms with Crippen molar-refractivity contribution >= 4 is 5.91 Å². The second-order valence-electron chi connectivity index (χ2n) is 5.62. The Bertz CT molecular complexity index is 249. The lowest BCUT2D eigenvalue weighted by Crippen LogP contribution is -2.40. The summed E-state index contributed by atoms with van der Waals surface area (Å²) in [6, 6.07) is 0.557. The molecule has 1 amide bonds. The van der Waals surface area contributed by atoms with Crippen molar-refractivity contribution in [2.45, 2.75) is 57.9 Å². The van der Waals surface area contributed by atoms with Crippen molar-refractivity contribution in [1.29, 1.82) is 0 Å². The van der Waals surface area contributed by atoms with Gasteiger partial charge < -0.3 is 10.2 Å². The van der Waals surface area contributed by atoms with Crippen molar-refractivity contribution in [1.82, 2.24) is 10.2 Å². The van der Waals surface area contributed by atoms with E-state index >= 15 is 0 Å². The van der Waals surface area contributed by atoms with Crippen molar-refractivity contribution in [2.75, 3.05) is 19.6 Å². The van der Waals surface area contributed by atoms with E-state index in [-0.39, 0.29) is 0 Å². The summed E-state index contributed by atoms with van der Waals surface area (Å²) in [7, 11) is 0. The summed E-state index contributed by atoms with van der Waals surface area (Å²) in [6.07, 6.45) is 8.16. The minimum atomic E-state index is 0.386. The topological polar surface area (TPSA) is 32.3 Å². The van der Waals surface area contributed by atoms with Crippen LogP contribution in [0.3, 0.4) is 0 Å². The quantitative estimate of drug-likeness (QED) is 0.814. The fraction of sp³-hybridized carbons (Fsp3) is 0.929. The van der Waals surface area contributed by atoms with Crippen molar-refractivity contribution < 1.29 is 4.79 Å². The minimum absolute atomic E-state index is 0.386. The standard InChI is InChI=1S/C14H26N2O/c1-2-4-12-6-7-14(17)16(10-8-12)11-13-5-3-9-15-13/h12-13,15H,2-11H2,1H3/t12?,13-/m0/s1. The van der Waals surface area contributed by atoms with Gasteiger partial charge >= 0.3 is 0 Å². The maximum atomic E-state index is 12.0. The molecular formula is C14H26N2O. The number of carbonyl (C=O) groups excluding carboxylic acids is 1. The number of rotatable bonds is 4. The molecule has 0 saturated carbocycles. The molecule has 0 aromatic heterocycles. The highest BCUT2D eigenvalue weighted by molar-refractivity contribution is 5.76. The second-order valence-corrected chi connectivity index (χ2v) is 5.62. The number of likely N-dealkylation sites (tertiary alicyclic amines) is 1. The van der Waals surface area contributed by atoms with Gasteiger partial charge in [-0.25, -0.2) is 0 Å². The molecule has 17 heavy (non-hydrogen) atoms. The van der Waals surface area contributed by atoms with Crippen molar-refractivity contribution in [3.8, 4) is 0 Å². The predicted molar refractivity (Wildman–Crippen MR) is 69.9 cm³/mol. The van der Waals surface area contributed by atoms with E-state index in [1.165, 1.54) is 32.1 Å². The molecule has 98 valence electrons. The molecule has 1 unspecified atom stereocenters. The molecule has 2 heterocycles. The first-order valence-corrected chi connectivity index (χ1v) is 7.30. The second kappa shape index (κ2) is 6.39. The fourth-order valence-electron chi connectivity index (χ4n) is 3.16. The highest BCUT2D eigenvalue weighted by Crippen LogP contribution is 2.23. The summed E-state index contributed by atoms with van der Waals surface area (Å²) in [4.78, 5) is 14.2. The van der Waals surface area contributed by atoms with Crippen LogP contribution in [0.15, 0.2) is 0 Å². The summed E-state index contributed by atoms with van der Waals surface area (Å²) in [5.74, 6) is 1.17. The summed E-state index contributed by atoms with van der Waals surface area (Å²) in [5, 5.41) is 3.49. The van der Waals surface area contributed by atoms with Gasteiger partial charge in [-0.2, -0.15) is 0 Å². The van der Waals surface area contributed by atoms with Crippen molar-refractivity contribution in [2.24, 2.45) is 5.92 Å². The van der Waals surface area contributed by atoms with Crippen LogP contribution in [0.5, 0.6) is 0 Å². The van der Waals surface area contributed by atoms with E-state index < -0.39 is 0 Å². The number of hydrogen-bond acceptors (Lipinski definition) is 2. The average molecular weight is 238 g/mol. The van der Waals surface area contributed by atoms with E-state index in [0.717, 1.165) is 38.4 Å². The summed E-state index contributed by atoms with van der Waals surface area (Å²) in [6.45, 7) is 5.30. The van der Waals surface area contributed by atoms with Gasteiger partial charge in [-0.15, -0.1) is 0 Å². The molecule has 2 rings (SSSR count). The van der Waals surface area contributed by atoms with E-state index in [0.29, 0.717) is 11.9 Å². The zero-order valence-corrected chi connectivity index (χ0v) is 11.1. The molecule has 3 heteroatoms. The molecule has 1 N–H and O–H groups in total. The molecule has 2 aliphatic heterocycles. The van der Waals surface area contributed by atoms with Gasteiger partial charge in [0, 0.05) is 25.6 Å². The Kier molecular flexibility index (Phi) is 4.84. The van der Waals surface area contributed by atoms with Crippen LogP contribution in [0.4, 0.5) is 0 Å². The van der Waals surface area contributed by atoms with Crippen LogP contribution in [0, 0.1) is 5.92 Å².